The Bertz CT molecular complexity index is 1280. The van der Waals surface area contributed by atoms with Crippen molar-refractivity contribution in [2.24, 2.45) is 5.92 Å². The Kier molecular flexibility index (Phi) is 7.08. The van der Waals surface area contributed by atoms with Crippen molar-refractivity contribution in [2.45, 2.75) is 44.3 Å². The summed E-state index contributed by atoms with van der Waals surface area (Å²) in [4.78, 5) is 52.5. The molecule has 1 saturated carbocycles. The van der Waals surface area contributed by atoms with Crippen LogP contribution in [0.15, 0.2) is 12.1 Å². The van der Waals surface area contributed by atoms with Gasteiger partial charge in [-0.25, -0.2) is 4.98 Å². The summed E-state index contributed by atoms with van der Waals surface area (Å²) in [6, 6.07) is 2.90. The maximum absolute atomic E-state index is 13.2. The van der Waals surface area contributed by atoms with E-state index in [-0.39, 0.29) is 29.7 Å². The smallest absolute Gasteiger partial charge is 0.280 e. The van der Waals surface area contributed by atoms with Gasteiger partial charge in [-0.15, -0.1) is 22.7 Å². The van der Waals surface area contributed by atoms with E-state index in [9.17, 15) is 14.4 Å². The van der Waals surface area contributed by atoms with Gasteiger partial charge in [0.15, 0.2) is 5.01 Å². The van der Waals surface area contributed by atoms with Crippen molar-refractivity contribution in [3.05, 3.63) is 37.7 Å². The van der Waals surface area contributed by atoms with Gasteiger partial charge in [0.2, 0.25) is 5.91 Å². The summed E-state index contributed by atoms with van der Waals surface area (Å²) in [7, 11) is 5.54. The predicted molar refractivity (Wildman–Crippen MR) is 142 cm³/mol. The first-order valence-corrected chi connectivity index (χ1v) is 14.0. The molecule has 192 valence electrons. The Morgan fingerprint density at radius 1 is 1.14 bits per heavy atom. The first-order chi connectivity index (χ1) is 17.2. The van der Waals surface area contributed by atoms with E-state index in [1.807, 2.05) is 6.07 Å². The van der Waals surface area contributed by atoms with Gasteiger partial charge in [-0.05, 0) is 38.4 Å². The second kappa shape index (κ2) is 10.1. The van der Waals surface area contributed by atoms with Crippen molar-refractivity contribution < 1.29 is 14.4 Å². The van der Waals surface area contributed by atoms with E-state index < -0.39 is 6.04 Å². The molecule has 12 heteroatoms. The minimum atomic E-state index is -0.391. The quantitative estimate of drug-likeness (QED) is 0.454. The van der Waals surface area contributed by atoms with Gasteiger partial charge in [0, 0.05) is 55.8 Å². The molecule has 3 atom stereocenters. The van der Waals surface area contributed by atoms with Gasteiger partial charge in [-0.3, -0.25) is 14.4 Å². The molecule has 0 saturated heterocycles. The fraction of sp³-hybridized carbons (Fsp3) is 0.500. The lowest BCUT2D eigenvalue weighted by molar-refractivity contribution is -0.134. The van der Waals surface area contributed by atoms with Gasteiger partial charge >= 0.3 is 0 Å². The molecule has 0 aromatic carbocycles. The number of rotatable bonds is 5. The fourth-order valence-electron chi connectivity index (χ4n) is 5.00. The number of carbonyl (C=O) groups is 3. The van der Waals surface area contributed by atoms with Crippen molar-refractivity contribution in [1.29, 1.82) is 0 Å². The molecule has 3 amide bonds. The molecule has 3 aromatic rings. The summed E-state index contributed by atoms with van der Waals surface area (Å²) in [6.07, 6.45) is 2.51. The molecular weight excluding hydrogens is 520 g/mol. The normalized spacial score (nSPS) is 22.3. The molecule has 0 spiro atoms. The summed E-state index contributed by atoms with van der Waals surface area (Å²) in [5.74, 6) is -0.680. The average Bonchev–Trinajstić information content (AvgIpc) is 3.52. The number of H-pyrrole nitrogens is 1. The number of aromatic nitrogens is 2. The number of nitrogens with zero attached hydrogens (tertiary/aromatic N) is 3. The SMILES string of the molecule is CN1CCc2nc(C(=O)N[C@@H]3C[C@@H](C(=O)N(C)C)CC[C@@H]3NC(=O)c3cc4cc(Cl)sc4[nH]3)sc2C1. The van der Waals surface area contributed by atoms with E-state index in [1.54, 1.807) is 25.1 Å². The molecule has 0 bridgehead atoms. The molecule has 4 heterocycles. The van der Waals surface area contributed by atoms with Gasteiger partial charge < -0.3 is 25.4 Å². The molecule has 1 aliphatic heterocycles. The fourth-order valence-corrected chi connectivity index (χ4v) is 7.22. The zero-order valence-electron chi connectivity index (χ0n) is 20.4. The molecule has 3 aromatic heterocycles. The van der Waals surface area contributed by atoms with Crippen LogP contribution in [0.2, 0.25) is 4.34 Å². The van der Waals surface area contributed by atoms with E-state index in [2.05, 4.69) is 32.5 Å². The minimum Gasteiger partial charge on any atom is -0.349 e. The summed E-state index contributed by atoms with van der Waals surface area (Å²) < 4.78 is 0.658. The Morgan fingerprint density at radius 3 is 2.67 bits per heavy atom. The largest absolute Gasteiger partial charge is 0.349 e. The van der Waals surface area contributed by atoms with Crippen LogP contribution in [0, 0.1) is 5.92 Å². The number of likely N-dealkylation sites (N-methyl/N-ethyl adjacent to an activating group) is 1. The van der Waals surface area contributed by atoms with Crippen LogP contribution >= 0.6 is 34.3 Å². The Morgan fingerprint density at radius 2 is 1.92 bits per heavy atom. The third-order valence-corrected chi connectivity index (χ3v) is 9.19. The monoisotopic (exact) mass is 548 g/mol. The molecule has 9 nitrogen and oxygen atoms in total. The number of hydrogen-bond donors (Lipinski definition) is 3. The van der Waals surface area contributed by atoms with E-state index in [1.165, 1.54) is 22.7 Å². The van der Waals surface area contributed by atoms with Crippen LogP contribution in [0.25, 0.3) is 10.2 Å². The Balaban J connectivity index is 1.33. The van der Waals surface area contributed by atoms with Gasteiger partial charge in [-0.1, -0.05) is 11.6 Å². The summed E-state index contributed by atoms with van der Waals surface area (Å²) in [6.45, 7) is 1.71. The molecule has 0 radical (unpaired) electrons. The second-order valence-corrected chi connectivity index (χ2v) is 12.6. The van der Waals surface area contributed by atoms with Gasteiger partial charge in [0.1, 0.15) is 10.5 Å². The zero-order valence-corrected chi connectivity index (χ0v) is 22.8. The van der Waals surface area contributed by atoms with Crippen molar-refractivity contribution in [1.82, 2.24) is 30.4 Å². The van der Waals surface area contributed by atoms with Crippen LogP contribution in [-0.4, -0.2) is 77.3 Å². The highest BCUT2D eigenvalue weighted by Crippen LogP contribution is 2.31. The molecular formula is C24H29ClN6O3S2. The van der Waals surface area contributed by atoms with E-state index in [0.29, 0.717) is 34.3 Å². The van der Waals surface area contributed by atoms with Crippen molar-refractivity contribution >= 4 is 62.2 Å². The predicted octanol–water partition coefficient (Wildman–Crippen LogP) is 3.11. The average molecular weight is 549 g/mol. The van der Waals surface area contributed by atoms with E-state index >= 15 is 0 Å². The summed E-state index contributed by atoms with van der Waals surface area (Å²) in [5.41, 5.74) is 1.44. The Labute approximate surface area is 222 Å². The molecule has 2 aliphatic rings. The third kappa shape index (κ3) is 5.15. The first-order valence-electron chi connectivity index (χ1n) is 12.0. The molecule has 1 aliphatic carbocycles. The number of nitrogens with one attached hydrogen (secondary N) is 3. The van der Waals surface area contributed by atoms with Crippen LogP contribution < -0.4 is 10.6 Å². The van der Waals surface area contributed by atoms with Crippen molar-refractivity contribution in [2.75, 3.05) is 27.7 Å². The highest BCUT2D eigenvalue weighted by molar-refractivity contribution is 7.22. The molecule has 36 heavy (non-hydrogen) atoms. The number of aromatic amines is 1. The lowest BCUT2D eigenvalue weighted by Gasteiger charge is -2.37. The van der Waals surface area contributed by atoms with Crippen LogP contribution in [0.5, 0.6) is 0 Å². The van der Waals surface area contributed by atoms with Crippen LogP contribution in [0.1, 0.15) is 50.1 Å². The van der Waals surface area contributed by atoms with E-state index in [4.69, 9.17) is 11.6 Å². The molecule has 1 fully saturated rings. The number of thiazole rings is 1. The molecule has 3 N–H and O–H groups in total. The van der Waals surface area contributed by atoms with Gasteiger partial charge in [0.25, 0.3) is 11.8 Å². The highest BCUT2D eigenvalue weighted by Gasteiger charge is 2.37. The summed E-state index contributed by atoms with van der Waals surface area (Å²) in [5, 5.41) is 7.51. The number of amides is 3. The Hall–Kier alpha value is -2.47. The third-order valence-electron chi connectivity index (χ3n) is 6.91. The van der Waals surface area contributed by atoms with Crippen LogP contribution in [-0.2, 0) is 17.8 Å². The summed E-state index contributed by atoms with van der Waals surface area (Å²) >= 11 is 8.86. The van der Waals surface area contributed by atoms with Crippen LogP contribution in [0.4, 0.5) is 0 Å². The number of carbonyl (C=O) groups excluding carboxylic acids is 3. The van der Waals surface area contributed by atoms with Gasteiger partial charge in [0.05, 0.1) is 16.1 Å². The topological polar surface area (TPSA) is 110 Å². The maximum Gasteiger partial charge on any atom is 0.280 e. The number of thiophene rings is 1. The second-order valence-electron chi connectivity index (χ2n) is 9.80. The number of fused-ring (bicyclic) bond motifs is 2. The minimum absolute atomic E-state index is 0.0354. The zero-order chi connectivity index (χ0) is 25.6. The van der Waals surface area contributed by atoms with Crippen molar-refractivity contribution in [3.63, 3.8) is 0 Å². The first kappa shape index (κ1) is 25.2. The van der Waals surface area contributed by atoms with E-state index in [0.717, 1.165) is 40.3 Å². The molecule has 5 rings (SSSR count). The number of halogens is 1. The standard InChI is InChI=1S/C24H29ClN6O3S2/c1-30(2)24(34)12-4-5-14(26-20(32)17-9-13-10-19(25)36-22(13)29-17)16(8-12)27-21(33)23-28-15-6-7-31(3)11-18(15)35-23/h9-10,12,14,16,29H,4-8,11H2,1-3H3,(H,26,32)(H,27,33)/t12-,14-,16+/m0/s1. The number of hydrogen-bond acceptors (Lipinski definition) is 7. The lowest BCUT2D eigenvalue weighted by atomic mass is 9.81. The molecule has 0 unspecified atom stereocenters. The maximum atomic E-state index is 13.2. The lowest BCUT2D eigenvalue weighted by Crippen LogP contribution is -2.56. The van der Waals surface area contributed by atoms with Crippen LogP contribution in [0.3, 0.4) is 0 Å². The highest BCUT2D eigenvalue weighted by atomic mass is 35.5. The van der Waals surface area contributed by atoms with Crippen molar-refractivity contribution in [3.8, 4) is 0 Å². The van der Waals surface area contributed by atoms with Gasteiger partial charge in [-0.2, -0.15) is 0 Å².